The number of aromatic nitrogens is 1. The van der Waals surface area contributed by atoms with Crippen LogP contribution in [0.4, 0.5) is 0 Å². The number of aliphatic hydroxyl groups is 1. The predicted molar refractivity (Wildman–Crippen MR) is 135 cm³/mol. The molecule has 1 aromatic carbocycles. The van der Waals surface area contributed by atoms with Gasteiger partial charge in [0.05, 0.1) is 0 Å². The quantitative estimate of drug-likeness (QED) is 0.430. The van der Waals surface area contributed by atoms with Crippen LogP contribution >= 0.6 is 0 Å². The first-order chi connectivity index (χ1) is 16.9. The average molecular weight is 501 g/mol. The second kappa shape index (κ2) is 13.0. The number of rotatable bonds is 9. The molecular weight excluding hydrogens is 464 g/mol. The van der Waals surface area contributed by atoms with E-state index < -0.39 is 18.0 Å². The topological polar surface area (TPSA) is 129 Å². The number of likely N-dealkylation sites (tertiary alicyclic amines) is 1. The monoisotopic (exact) mass is 500 g/mol. The van der Waals surface area contributed by atoms with Gasteiger partial charge in [-0.2, -0.15) is 0 Å². The third kappa shape index (κ3) is 9.31. The Labute approximate surface area is 212 Å². The van der Waals surface area contributed by atoms with Gasteiger partial charge in [-0.15, -0.1) is 0 Å². The molecule has 1 aliphatic rings. The van der Waals surface area contributed by atoms with Crippen molar-refractivity contribution in [2.24, 2.45) is 0 Å². The van der Waals surface area contributed by atoms with Gasteiger partial charge in [-0.25, -0.2) is 14.6 Å². The summed E-state index contributed by atoms with van der Waals surface area (Å²) >= 11 is 0. The summed E-state index contributed by atoms with van der Waals surface area (Å²) in [4.78, 5) is 25.7. The highest BCUT2D eigenvalue weighted by Crippen LogP contribution is 2.38. The Morgan fingerprint density at radius 3 is 2.06 bits per heavy atom. The summed E-state index contributed by atoms with van der Waals surface area (Å²) in [5.74, 6) is -0.813. The van der Waals surface area contributed by atoms with Crippen LogP contribution in [-0.2, 0) is 9.59 Å². The third-order valence-corrected chi connectivity index (χ3v) is 5.93. The Bertz CT molecular complexity index is 990. The second-order valence-corrected chi connectivity index (χ2v) is 9.78. The van der Waals surface area contributed by atoms with Gasteiger partial charge >= 0.3 is 11.9 Å². The van der Waals surface area contributed by atoms with Crippen molar-refractivity contribution in [3.63, 3.8) is 0 Å². The zero-order valence-corrected chi connectivity index (χ0v) is 21.3. The normalized spacial score (nSPS) is 17.5. The molecule has 2 heterocycles. The van der Waals surface area contributed by atoms with Gasteiger partial charge in [0.1, 0.15) is 12.7 Å². The lowest BCUT2D eigenvalue weighted by Gasteiger charge is -2.53. The van der Waals surface area contributed by atoms with Crippen LogP contribution in [0.3, 0.4) is 0 Å². The van der Waals surface area contributed by atoms with Crippen LogP contribution in [0.5, 0.6) is 17.4 Å². The van der Waals surface area contributed by atoms with E-state index in [0.717, 1.165) is 12.8 Å². The molecule has 1 aliphatic heterocycles. The first-order valence-corrected chi connectivity index (χ1v) is 11.8. The highest BCUT2D eigenvalue weighted by Gasteiger charge is 2.41. The van der Waals surface area contributed by atoms with E-state index in [9.17, 15) is 14.7 Å². The smallest absolute Gasteiger partial charge is 0.328 e. The number of hydrogen-bond acceptors (Lipinski definition) is 7. The number of aliphatic hydroxyl groups excluding tert-OH is 1. The van der Waals surface area contributed by atoms with E-state index in [1.807, 2.05) is 36.4 Å². The number of carboxylic acid groups (broad SMARTS) is 2. The molecule has 3 rings (SSSR count). The van der Waals surface area contributed by atoms with Crippen LogP contribution in [0.15, 0.2) is 60.8 Å². The number of ether oxygens (including phenoxy) is 2. The van der Waals surface area contributed by atoms with E-state index in [1.165, 1.54) is 6.42 Å². The molecular formula is C27H36N2O7. The van der Waals surface area contributed by atoms with Gasteiger partial charge in [-0.05, 0) is 65.2 Å². The largest absolute Gasteiger partial charge is 0.487 e. The Kier molecular flexibility index (Phi) is 10.4. The van der Waals surface area contributed by atoms with Gasteiger partial charge in [0.25, 0.3) is 0 Å². The molecule has 0 saturated carbocycles. The Hall–Kier alpha value is -3.43. The molecule has 36 heavy (non-hydrogen) atoms. The van der Waals surface area contributed by atoms with Crippen molar-refractivity contribution in [2.45, 2.75) is 64.1 Å². The molecule has 1 atom stereocenters. The van der Waals surface area contributed by atoms with Crippen molar-refractivity contribution in [1.82, 2.24) is 9.88 Å². The SMILES string of the molecule is CC1(C)CCCC(C)(C)N1CC(O)COc1ccccc1Oc1ccccn1.O=C(O)/C=C/C(=O)O. The summed E-state index contributed by atoms with van der Waals surface area (Å²) in [7, 11) is 0. The van der Waals surface area contributed by atoms with E-state index >= 15 is 0 Å². The van der Waals surface area contributed by atoms with E-state index in [2.05, 4.69) is 37.6 Å². The number of carbonyl (C=O) groups is 2. The van der Waals surface area contributed by atoms with Crippen LogP contribution in [0.25, 0.3) is 0 Å². The standard InChI is InChI=1S/C23H32N2O3.C4H4O4/c1-22(2)13-9-14-23(3,4)25(22)16-18(26)17-27-19-10-5-6-11-20(19)28-21-12-7-8-15-24-21;5-3(6)1-2-4(7)8/h5-8,10-12,15,18,26H,9,13-14,16-17H2,1-4H3;1-2H,(H,5,6)(H,7,8)/b;2-1+. The number of pyridine rings is 1. The Balaban J connectivity index is 0.000000493. The lowest BCUT2D eigenvalue weighted by molar-refractivity contribution is -0.134. The fraction of sp³-hybridized carbons (Fsp3) is 0.444. The van der Waals surface area contributed by atoms with Gasteiger partial charge in [-0.1, -0.05) is 18.2 Å². The molecule has 3 N–H and O–H groups in total. The molecule has 1 unspecified atom stereocenters. The number of hydrogen-bond donors (Lipinski definition) is 3. The lowest BCUT2D eigenvalue weighted by Crippen LogP contribution is -2.60. The maximum absolute atomic E-state index is 10.7. The van der Waals surface area contributed by atoms with Crippen LogP contribution in [0.1, 0.15) is 47.0 Å². The first-order valence-electron chi connectivity index (χ1n) is 11.8. The number of para-hydroxylation sites is 2. The number of aliphatic carboxylic acids is 2. The molecule has 1 aromatic heterocycles. The van der Waals surface area contributed by atoms with Crippen molar-refractivity contribution >= 4 is 11.9 Å². The summed E-state index contributed by atoms with van der Waals surface area (Å²) in [6, 6.07) is 13.0. The van der Waals surface area contributed by atoms with Crippen molar-refractivity contribution in [2.75, 3.05) is 13.2 Å². The molecule has 1 fully saturated rings. The van der Waals surface area contributed by atoms with Gasteiger partial charge in [0.2, 0.25) is 5.88 Å². The van der Waals surface area contributed by atoms with E-state index in [-0.39, 0.29) is 17.7 Å². The van der Waals surface area contributed by atoms with Gasteiger partial charge in [0.15, 0.2) is 11.5 Å². The Morgan fingerprint density at radius 1 is 0.972 bits per heavy atom. The molecule has 1 saturated heterocycles. The maximum Gasteiger partial charge on any atom is 0.328 e. The first kappa shape index (κ1) is 28.8. The number of piperidine rings is 1. The van der Waals surface area contributed by atoms with Crippen LogP contribution < -0.4 is 9.47 Å². The number of nitrogens with zero attached hydrogens (tertiary/aromatic N) is 2. The highest BCUT2D eigenvalue weighted by atomic mass is 16.5. The summed E-state index contributed by atoms with van der Waals surface area (Å²) in [6.45, 7) is 9.85. The van der Waals surface area contributed by atoms with E-state index in [1.54, 1.807) is 12.3 Å². The van der Waals surface area contributed by atoms with E-state index in [0.29, 0.717) is 36.1 Å². The molecule has 0 aliphatic carbocycles. The predicted octanol–water partition coefficient (Wildman–Crippen LogP) is 4.37. The average Bonchev–Trinajstić information content (AvgIpc) is 2.80. The molecule has 2 aromatic rings. The van der Waals surface area contributed by atoms with Crippen LogP contribution in [-0.4, -0.2) is 67.5 Å². The van der Waals surface area contributed by atoms with Gasteiger partial charge in [-0.3, -0.25) is 4.90 Å². The number of carboxylic acids is 2. The zero-order chi connectivity index (χ0) is 26.8. The highest BCUT2D eigenvalue weighted by molar-refractivity contribution is 5.89. The third-order valence-electron chi connectivity index (χ3n) is 5.93. The molecule has 0 bridgehead atoms. The second-order valence-electron chi connectivity index (χ2n) is 9.78. The minimum atomic E-state index is -1.26. The fourth-order valence-corrected chi connectivity index (χ4v) is 4.30. The minimum absolute atomic E-state index is 0.0721. The van der Waals surface area contributed by atoms with Gasteiger partial charge in [0, 0.05) is 42.0 Å². The number of β-amino-alcohol motifs (C(OH)–C–C–N with tert-alkyl or cyclic N) is 1. The lowest BCUT2D eigenvalue weighted by atomic mass is 9.79. The zero-order valence-electron chi connectivity index (χ0n) is 21.3. The summed E-state index contributed by atoms with van der Waals surface area (Å²) in [5, 5.41) is 26.3. The van der Waals surface area contributed by atoms with Crippen molar-refractivity contribution < 1.29 is 34.4 Å². The summed E-state index contributed by atoms with van der Waals surface area (Å²) in [6.07, 6.45) is 5.73. The van der Waals surface area contributed by atoms with Gasteiger partial charge < -0.3 is 24.8 Å². The molecule has 0 radical (unpaired) electrons. The Morgan fingerprint density at radius 2 is 1.53 bits per heavy atom. The summed E-state index contributed by atoms with van der Waals surface area (Å²) < 4.78 is 11.7. The van der Waals surface area contributed by atoms with Crippen LogP contribution in [0.2, 0.25) is 0 Å². The van der Waals surface area contributed by atoms with Crippen molar-refractivity contribution in [3.05, 3.63) is 60.8 Å². The van der Waals surface area contributed by atoms with E-state index in [4.69, 9.17) is 19.7 Å². The van der Waals surface area contributed by atoms with Crippen LogP contribution in [0, 0.1) is 0 Å². The van der Waals surface area contributed by atoms with Crippen molar-refractivity contribution in [3.8, 4) is 17.4 Å². The molecule has 0 spiro atoms. The molecule has 0 amide bonds. The fourth-order valence-electron chi connectivity index (χ4n) is 4.30. The molecule has 9 heteroatoms. The van der Waals surface area contributed by atoms with Crippen molar-refractivity contribution in [1.29, 1.82) is 0 Å². The molecule has 9 nitrogen and oxygen atoms in total. The number of benzene rings is 1. The summed E-state index contributed by atoms with van der Waals surface area (Å²) in [5.41, 5.74) is 0.144. The minimum Gasteiger partial charge on any atom is -0.487 e. The molecule has 196 valence electrons. The maximum atomic E-state index is 10.7.